The van der Waals surface area contributed by atoms with Crippen molar-refractivity contribution in [3.05, 3.63) is 127 Å². The normalized spacial score (nSPS) is 12.1. The van der Waals surface area contributed by atoms with Crippen molar-refractivity contribution in [1.29, 1.82) is 0 Å². The number of hydrogen-bond donors (Lipinski definition) is 0. The van der Waals surface area contributed by atoms with Gasteiger partial charge in [0.25, 0.3) is 0 Å². The van der Waals surface area contributed by atoms with Crippen molar-refractivity contribution >= 4 is 70.3 Å². The molecule has 0 unspecified atom stereocenters. The van der Waals surface area contributed by atoms with Crippen molar-refractivity contribution in [3.8, 4) is 22.3 Å². The van der Waals surface area contributed by atoms with Crippen LogP contribution >= 0.6 is 0 Å². The van der Waals surface area contributed by atoms with E-state index in [4.69, 9.17) is 0 Å². The topological polar surface area (TPSA) is 3.24 Å². The highest BCUT2D eigenvalue weighted by Gasteiger charge is 2.27. The minimum absolute atomic E-state index is 1.25. The number of anilines is 1. The van der Waals surface area contributed by atoms with Crippen LogP contribution in [0.15, 0.2) is 127 Å². The molecule has 192 valence electrons. The maximum Gasteiger partial charge on any atom is 0.0441 e. The Kier molecular flexibility index (Phi) is 4.52. The third kappa shape index (κ3) is 2.90. The molecule has 9 aromatic carbocycles. The van der Waals surface area contributed by atoms with Crippen LogP contribution < -0.4 is 4.90 Å². The third-order valence-corrected chi connectivity index (χ3v) is 9.11. The standard InChI is InChI=1S/C40H27N/c1-41(2)32-23-22-31-36-27(32)18-11-21-30(36)39-34(25-12-5-3-6-13-25)37-28-19-9-16-24-17-10-20-29(33(24)28)38(37)35(40(31)39)26-14-7-4-8-15-26/h3-23H,1-2H3. The fraction of sp³-hybridized carbons (Fsp3) is 0.0500. The van der Waals surface area contributed by atoms with Gasteiger partial charge in [0.2, 0.25) is 0 Å². The average Bonchev–Trinajstić information content (AvgIpc) is 3.53. The largest absolute Gasteiger partial charge is 0.377 e. The van der Waals surface area contributed by atoms with E-state index in [1.165, 1.54) is 92.6 Å². The van der Waals surface area contributed by atoms with Gasteiger partial charge >= 0.3 is 0 Å². The van der Waals surface area contributed by atoms with Gasteiger partial charge in [0.1, 0.15) is 0 Å². The van der Waals surface area contributed by atoms with E-state index in [-0.39, 0.29) is 0 Å². The summed E-state index contributed by atoms with van der Waals surface area (Å²) < 4.78 is 0. The average molecular weight is 522 g/mol. The van der Waals surface area contributed by atoms with Crippen LogP contribution in [0.3, 0.4) is 0 Å². The third-order valence-electron chi connectivity index (χ3n) is 9.11. The van der Waals surface area contributed by atoms with Crippen LogP contribution in [0, 0.1) is 0 Å². The molecule has 0 fully saturated rings. The minimum atomic E-state index is 1.25. The second-order valence-electron chi connectivity index (χ2n) is 11.4. The summed E-state index contributed by atoms with van der Waals surface area (Å²) in [5.74, 6) is 0. The molecular weight excluding hydrogens is 494 g/mol. The summed E-state index contributed by atoms with van der Waals surface area (Å²) in [4.78, 5) is 2.24. The maximum atomic E-state index is 2.36. The Balaban J connectivity index is 1.69. The lowest BCUT2D eigenvalue weighted by Gasteiger charge is -2.16. The summed E-state index contributed by atoms with van der Waals surface area (Å²) in [5, 5.41) is 16.1. The molecule has 0 saturated carbocycles. The molecule has 0 aromatic heterocycles. The lowest BCUT2D eigenvalue weighted by atomic mass is 9.87. The van der Waals surface area contributed by atoms with Crippen molar-refractivity contribution in [1.82, 2.24) is 0 Å². The van der Waals surface area contributed by atoms with Crippen LogP contribution in [0.4, 0.5) is 5.69 Å². The maximum absolute atomic E-state index is 2.36. The Morgan fingerprint density at radius 2 is 0.780 bits per heavy atom. The van der Waals surface area contributed by atoms with Crippen LogP contribution in [0.5, 0.6) is 0 Å². The molecule has 9 rings (SSSR count). The highest BCUT2D eigenvalue weighted by molar-refractivity contribution is 6.46. The predicted octanol–water partition coefficient (Wildman–Crippen LogP) is 10.9. The van der Waals surface area contributed by atoms with Crippen molar-refractivity contribution < 1.29 is 0 Å². The molecule has 0 radical (unpaired) electrons. The molecule has 0 aliphatic heterocycles. The molecule has 1 heteroatoms. The van der Waals surface area contributed by atoms with Gasteiger partial charge in [-0.2, -0.15) is 0 Å². The van der Waals surface area contributed by atoms with Crippen molar-refractivity contribution in [2.24, 2.45) is 0 Å². The molecule has 0 atom stereocenters. The molecule has 0 amide bonds. The van der Waals surface area contributed by atoms with Crippen molar-refractivity contribution in [3.63, 3.8) is 0 Å². The summed E-state index contributed by atoms with van der Waals surface area (Å²) in [5.41, 5.74) is 6.47. The smallest absolute Gasteiger partial charge is 0.0441 e. The van der Waals surface area contributed by atoms with Crippen LogP contribution in [-0.4, -0.2) is 14.1 Å². The number of benzene rings is 7. The monoisotopic (exact) mass is 521 g/mol. The number of hydrogen-bond acceptors (Lipinski definition) is 1. The van der Waals surface area contributed by atoms with Gasteiger partial charge in [-0.25, -0.2) is 0 Å². The SMILES string of the molecule is CN(C)c1ccc2c3c(-c4ccccc4)c4c5cccc6cccc(c4c(-c4ccccc4)c3c3cccc1c32)c65. The van der Waals surface area contributed by atoms with E-state index in [1.54, 1.807) is 0 Å². The molecule has 0 N–H and O–H groups in total. The molecule has 0 saturated heterocycles. The predicted molar refractivity (Wildman–Crippen MR) is 179 cm³/mol. The summed E-state index contributed by atoms with van der Waals surface area (Å²) in [7, 11) is 4.28. The van der Waals surface area contributed by atoms with Crippen LogP contribution in [0.2, 0.25) is 0 Å². The molecule has 0 heterocycles. The second-order valence-corrected chi connectivity index (χ2v) is 11.4. The first-order valence-corrected chi connectivity index (χ1v) is 14.3. The van der Waals surface area contributed by atoms with Gasteiger partial charge in [-0.05, 0) is 87.6 Å². The first-order chi connectivity index (χ1) is 20.2. The van der Waals surface area contributed by atoms with Gasteiger partial charge in [0.15, 0.2) is 0 Å². The highest BCUT2D eigenvalue weighted by Crippen LogP contribution is 2.55. The van der Waals surface area contributed by atoms with Crippen molar-refractivity contribution in [2.45, 2.75) is 0 Å². The highest BCUT2D eigenvalue weighted by atomic mass is 15.1. The molecule has 0 spiro atoms. The Labute approximate surface area is 238 Å². The molecule has 0 bridgehead atoms. The minimum Gasteiger partial charge on any atom is -0.377 e. The summed E-state index contributed by atoms with van der Waals surface area (Å²) in [6.45, 7) is 0. The van der Waals surface area contributed by atoms with Crippen LogP contribution in [-0.2, 0) is 0 Å². The van der Waals surface area contributed by atoms with Gasteiger partial charge in [0.05, 0.1) is 0 Å². The van der Waals surface area contributed by atoms with E-state index < -0.39 is 0 Å². The van der Waals surface area contributed by atoms with Crippen LogP contribution in [0.25, 0.3) is 86.9 Å². The zero-order valence-corrected chi connectivity index (χ0v) is 23.1. The fourth-order valence-electron chi connectivity index (χ4n) is 7.57. The molecule has 0 aliphatic carbocycles. The van der Waals surface area contributed by atoms with E-state index in [0.29, 0.717) is 0 Å². The first kappa shape index (κ1) is 22.7. The molecular formula is C40H27N. The van der Waals surface area contributed by atoms with E-state index in [0.717, 1.165) is 0 Å². The van der Waals surface area contributed by atoms with Gasteiger partial charge < -0.3 is 4.90 Å². The number of fused-ring (bicyclic) bond motifs is 6. The van der Waals surface area contributed by atoms with Gasteiger partial charge in [0, 0.05) is 25.2 Å². The number of nitrogens with zero attached hydrogens (tertiary/aromatic N) is 1. The zero-order valence-electron chi connectivity index (χ0n) is 23.1. The van der Waals surface area contributed by atoms with Crippen LogP contribution in [0.1, 0.15) is 0 Å². The first-order valence-electron chi connectivity index (χ1n) is 14.3. The van der Waals surface area contributed by atoms with E-state index in [9.17, 15) is 0 Å². The molecule has 9 aromatic rings. The lowest BCUT2D eigenvalue weighted by molar-refractivity contribution is 1.14. The summed E-state index contributed by atoms with van der Waals surface area (Å²) in [6, 6.07) is 47.2. The lowest BCUT2D eigenvalue weighted by Crippen LogP contribution is -2.08. The molecule has 41 heavy (non-hydrogen) atoms. The van der Waals surface area contributed by atoms with Gasteiger partial charge in [-0.1, -0.05) is 121 Å². The van der Waals surface area contributed by atoms with Gasteiger partial charge in [-0.15, -0.1) is 0 Å². The molecule has 1 nitrogen and oxygen atoms in total. The van der Waals surface area contributed by atoms with E-state index in [1.807, 2.05) is 0 Å². The summed E-state index contributed by atoms with van der Waals surface area (Å²) in [6.07, 6.45) is 0. The Hall–Kier alpha value is -5.14. The zero-order chi connectivity index (χ0) is 27.2. The van der Waals surface area contributed by atoms with Crippen molar-refractivity contribution in [2.75, 3.05) is 19.0 Å². The quantitative estimate of drug-likeness (QED) is 0.223. The summed E-state index contributed by atoms with van der Waals surface area (Å²) >= 11 is 0. The number of rotatable bonds is 3. The van der Waals surface area contributed by atoms with E-state index >= 15 is 0 Å². The fourth-order valence-corrected chi connectivity index (χ4v) is 7.57. The second kappa shape index (κ2) is 8.19. The van der Waals surface area contributed by atoms with E-state index in [2.05, 4.69) is 146 Å². The van der Waals surface area contributed by atoms with Gasteiger partial charge in [-0.3, -0.25) is 0 Å². The Morgan fingerprint density at radius 1 is 0.341 bits per heavy atom. The molecule has 0 aliphatic rings. The Bertz CT molecular complexity index is 2290. The Morgan fingerprint density at radius 3 is 1.29 bits per heavy atom.